The molecule has 0 unspecified atom stereocenters. The third kappa shape index (κ3) is 4.07. The molecule has 6 nitrogen and oxygen atoms in total. The molecule has 1 heterocycles. The largest absolute Gasteiger partial charge is 0.383 e. The third-order valence-corrected chi connectivity index (χ3v) is 2.90. The molecule has 0 aliphatic rings. The number of anilines is 1. The first kappa shape index (κ1) is 16.2. The normalized spacial score (nSPS) is 11.2. The molecular formula is C14H22N4O2. The van der Waals surface area contributed by atoms with Crippen LogP contribution >= 0.6 is 0 Å². The zero-order chi connectivity index (χ0) is 15.2. The molecule has 20 heavy (non-hydrogen) atoms. The molecule has 1 rings (SSSR count). The maximum atomic E-state index is 12.5. The van der Waals surface area contributed by atoms with Crippen molar-refractivity contribution < 1.29 is 4.74 Å². The van der Waals surface area contributed by atoms with E-state index in [0.717, 1.165) is 0 Å². The minimum Gasteiger partial charge on any atom is -0.383 e. The standard InChI is InChI=1S/C14H22N4O2/c1-14(2,3)18-9-7-16-12(13(18)19)17(8-5-6-15)10-11-20-4/h7,9H,5,8,10-11H2,1-4H3. The van der Waals surface area contributed by atoms with E-state index in [0.29, 0.717) is 31.9 Å². The molecule has 6 heteroatoms. The van der Waals surface area contributed by atoms with Crippen molar-refractivity contribution in [1.29, 1.82) is 5.26 Å². The predicted octanol–water partition coefficient (Wildman–Crippen LogP) is 1.36. The summed E-state index contributed by atoms with van der Waals surface area (Å²) in [4.78, 5) is 18.5. The quantitative estimate of drug-likeness (QED) is 0.786. The van der Waals surface area contributed by atoms with Crippen LogP contribution in [0.25, 0.3) is 0 Å². The summed E-state index contributed by atoms with van der Waals surface area (Å²) in [6.07, 6.45) is 3.65. The second kappa shape index (κ2) is 7.06. The minimum absolute atomic E-state index is 0.144. The first-order valence-electron chi connectivity index (χ1n) is 6.60. The maximum absolute atomic E-state index is 12.5. The van der Waals surface area contributed by atoms with Gasteiger partial charge in [0.1, 0.15) is 0 Å². The van der Waals surface area contributed by atoms with Crippen molar-refractivity contribution in [3.05, 3.63) is 22.7 Å². The van der Waals surface area contributed by atoms with Crippen molar-refractivity contribution in [3.63, 3.8) is 0 Å². The Labute approximate surface area is 119 Å². The van der Waals surface area contributed by atoms with E-state index in [2.05, 4.69) is 11.1 Å². The van der Waals surface area contributed by atoms with Crippen LogP contribution in [-0.4, -0.2) is 36.4 Å². The van der Waals surface area contributed by atoms with Gasteiger partial charge in [0.05, 0.1) is 19.1 Å². The van der Waals surface area contributed by atoms with Gasteiger partial charge in [0.25, 0.3) is 5.56 Å². The van der Waals surface area contributed by atoms with Gasteiger partial charge >= 0.3 is 0 Å². The lowest BCUT2D eigenvalue weighted by atomic mass is 10.1. The SMILES string of the molecule is COCCN(CCC#N)c1nccn(C(C)(C)C)c1=O. The van der Waals surface area contributed by atoms with Gasteiger partial charge in [-0.1, -0.05) is 0 Å². The van der Waals surface area contributed by atoms with E-state index >= 15 is 0 Å². The number of hydrogen-bond acceptors (Lipinski definition) is 5. The van der Waals surface area contributed by atoms with E-state index < -0.39 is 0 Å². The van der Waals surface area contributed by atoms with Gasteiger partial charge < -0.3 is 14.2 Å². The van der Waals surface area contributed by atoms with Crippen molar-refractivity contribution in [2.45, 2.75) is 32.7 Å². The van der Waals surface area contributed by atoms with Crippen molar-refractivity contribution >= 4 is 5.82 Å². The lowest BCUT2D eigenvalue weighted by Gasteiger charge is -2.26. The van der Waals surface area contributed by atoms with E-state index in [1.54, 1.807) is 29.0 Å². The van der Waals surface area contributed by atoms with Crippen molar-refractivity contribution in [3.8, 4) is 6.07 Å². The van der Waals surface area contributed by atoms with E-state index in [1.807, 2.05) is 20.8 Å². The van der Waals surface area contributed by atoms with Gasteiger partial charge in [0, 0.05) is 38.1 Å². The molecule has 0 aliphatic carbocycles. The Bertz CT molecular complexity index is 525. The monoisotopic (exact) mass is 278 g/mol. The van der Waals surface area contributed by atoms with Crippen molar-refractivity contribution in [2.75, 3.05) is 31.7 Å². The number of nitrogens with zero attached hydrogens (tertiary/aromatic N) is 4. The Morgan fingerprint density at radius 3 is 2.70 bits per heavy atom. The van der Waals surface area contributed by atoms with E-state index in [4.69, 9.17) is 10.00 Å². The zero-order valence-corrected chi connectivity index (χ0v) is 12.6. The van der Waals surface area contributed by atoms with E-state index in [1.165, 1.54) is 0 Å². The molecule has 0 radical (unpaired) electrons. The second-order valence-electron chi connectivity index (χ2n) is 5.48. The van der Waals surface area contributed by atoms with Crippen LogP contribution in [0.5, 0.6) is 0 Å². The summed E-state index contributed by atoms with van der Waals surface area (Å²) in [7, 11) is 1.61. The fraction of sp³-hybridized carbons (Fsp3) is 0.643. The summed E-state index contributed by atoms with van der Waals surface area (Å²) < 4.78 is 6.70. The Morgan fingerprint density at radius 1 is 1.45 bits per heavy atom. The Morgan fingerprint density at radius 2 is 2.15 bits per heavy atom. The average Bonchev–Trinajstić information content (AvgIpc) is 2.38. The fourth-order valence-electron chi connectivity index (χ4n) is 1.86. The highest BCUT2D eigenvalue weighted by atomic mass is 16.5. The van der Waals surface area contributed by atoms with Crippen LogP contribution in [0, 0.1) is 11.3 Å². The first-order valence-corrected chi connectivity index (χ1v) is 6.60. The van der Waals surface area contributed by atoms with Crippen LogP contribution in [0.3, 0.4) is 0 Å². The number of nitriles is 1. The smallest absolute Gasteiger partial charge is 0.293 e. The van der Waals surface area contributed by atoms with Gasteiger partial charge in [-0.25, -0.2) is 4.98 Å². The lowest BCUT2D eigenvalue weighted by molar-refractivity contribution is 0.205. The number of rotatable bonds is 6. The molecular weight excluding hydrogens is 256 g/mol. The molecule has 0 amide bonds. The van der Waals surface area contributed by atoms with Crippen molar-refractivity contribution in [1.82, 2.24) is 9.55 Å². The molecule has 1 aromatic heterocycles. The predicted molar refractivity (Wildman–Crippen MR) is 77.8 cm³/mol. The highest BCUT2D eigenvalue weighted by molar-refractivity contribution is 5.36. The van der Waals surface area contributed by atoms with Crippen LogP contribution < -0.4 is 10.5 Å². The molecule has 0 fully saturated rings. The van der Waals surface area contributed by atoms with Gasteiger partial charge in [-0.15, -0.1) is 0 Å². The second-order valence-corrected chi connectivity index (χ2v) is 5.48. The molecule has 0 N–H and O–H groups in total. The Hall–Kier alpha value is -1.87. The Kier molecular flexibility index (Phi) is 5.71. The fourth-order valence-corrected chi connectivity index (χ4v) is 1.86. The van der Waals surface area contributed by atoms with E-state index in [9.17, 15) is 4.79 Å². The molecule has 110 valence electrons. The highest BCUT2D eigenvalue weighted by Gasteiger charge is 2.19. The molecule has 0 saturated heterocycles. The third-order valence-electron chi connectivity index (χ3n) is 2.90. The summed E-state index contributed by atoms with van der Waals surface area (Å²) in [5, 5.41) is 8.73. The maximum Gasteiger partial charge on any atom is 0.293 e. The number of ether oxygens (including phenoxy) is 1. The van der Waals surface area contributed by atoms with Crippen molar-refractivity contribution in [2.24, 2.45) is 0 Å². The molecule has 0 saturated carbocycles. The van der Waals surface area contributed by atoms with E-state index in [-0.39, 0.29) is 11.1 Å². The molecule has 0 atom stereocenters. The van der Waals surface area contributed by atoms with Crippen LogP contribution in [-0.2, 0) is 10.3 Å². The first-order chi connectivity index (χ1) is 9.41. The van der Waals surface area contributed by atoms with Crippen LogP contribution in [0.4, 0.5) is 5.82 Å². The minimum atomic E-state index is -0.309. The average molecular weight is 278 g/mol. The van der Waals surface area contributed by atoms with Gasteiger partial charge in [0.15, 0.2) is 5.82 Å². The Balaban J connectivity index is 3.13. The molecule has 0 aliphatic heterocycles. The van der Waals surface area contributed by atoms with Gasteiger partial charge in [-0.3, -0.25) is 4.79 Å². The van der Waals surface area contributed by atoms with Gasteiger partial charge in [0.2, 0.25) is 0 Å². The molecule has 0 aromatic carbocycles. The summed E-state index contributed by atoms with van der Waals surface area (Å²) in [6.45, 7) is 7.38. The van der Waals surface area contributed by atoms with Crippen LogP contribution in [0.1, 0.15) is 27.2 Å². The number of hydrogen-bond donors (Lipinski definition) is 0. The van der Waals surface area contributed by atoms with Gasteiger partial charge in [-0.2, -0.15) is 5.26 Å². The zero-order valence-electron chi connectivity index (χ0n) is 12.6. The highest BCUT2D eigenvalue weighted by Crippen LogP contribution is 2.12. The van der Waals surface area contributed by atoms with Crippen LogP contribution in [0.15, 0.2) is 17.2 Å². The topological polar surface area (TPSA) is 71.2 Å². The van der Waals surface area contributed by atoms with Crippen LogP contribution in [0.2, 0.25) is 0 Å². The van der Waals surface area contributed by atoms with Gasteiger partial charge in [-0.05, 0) is 20.8 Å². The summed E-state index contributed by atoms with van der Waals surface area (Å²) in [6, 6.07) is 2.09. The molecule has 1 aromatic rings. The molecule has 0 bridgehead atoms. The summed E-state index contributed by atoms with van der Waals surface area (Å²) >= 11 is 0. The molecule has 0 spiro atoms. The number of aromatic nitrogens is 2. The summed E-state index contributed by atoms with van der Waals surface area (Å²) in [5.74, 6) is 0.370. The number of methoxy groups -OCH3 is 1. The summed E-state index contributed by atoms with van der Waals surface area (Å²) in [5.41, 5.74) is -0.453. The lowest BCUT2D eigenvalue weighted by Crippen LogP contribution is -2.40.